The molecule has 5 nitrogen and oxygen atoms in total. The van der Waals surface area contributed by atoms with Crippen molar-refractivity contribution in [2.24, 2.45) is 0 Å². The molecule has 1 unspecified atom stereocenters. The fourth-order valence-electron chi connectivity index (χ4n) is 4.10. The van der Waals surface area contributed by atoms with Crippen LogP contribution < -0.4 is 9.47 Å². The van der Waals surface area contributed by atoms with E-state index in [0.717, 1.165) is 22.0 Å². The Morgan fingerprint density at radius 2 is 1.68 bits per heavy atom. The predicted octanol–water partition coefficient (Wildman–Crippen LogP) is 5.24. The van der Waals surface area contributed by atoms with Crippen LogP contribution in [-0.4, -0.2) is 36.9 Å². The van der Waals surface area contributed by atoms with E-state index in [2.05, 4.69) is 9.88 Å². The van der Waals surface area contributed by atoms with E-state index in [1.54, 1.807) is 14.2 Å². The van der Waals surface area contributed by atoms with Gasteiger partial charge in [-0.1, -0.05) is 60.7 Å². The first-order valence-corrected chi connectivity index (χ1v) is 10.2. The number of aromatic amines is 1. The van der Waals surface area contributed by atoms with Gasteiger partial charge >= 0.3 is 0 Å². The maximum Gasteiger partial charge on any atom is 0.186 e. The molecule has 1 aromatic heterocycles. The second-order valence-electron chi connectivity index (χ2n) is 7.49. The lowest BCUT2D eigenvalue weighted by atomic mass is 9.95. The number of nitrogens with zero attached hydrogens (tertiary/aromatic N) is 1. The number of benzene rings is 3. The van der Waals surface area contributed by atoms with E-state index < -0.39 is 6.04 Å². The summed E-state index contributed by atoms with van der Waals surface area (Å²) in [7, 11) is 5.22. The van der Waals surface area contributed by atoms with E-state index in [9.17, 15) is 4.79 Å². The number of Topliss-reactive ketones (excluding diaryl/α,β-unsaturated/α-hetero) is 1. The summed E-state index contributed by atoms with van der Waals surface area (Å²) in [6, 6.07) is 23.1. The lowest BCUT2D eigenvalue weighted by molar-refractivity contribution is 0.0844. The van der Waals surface area contributed by atoms with E-state index in [4.69, 9.17) is 9.47 Å². The average molecular weight is 415 g/mol. The van der Waals surface area contributed by atoms with Crippen molar-refractivity contribution in [3.63, 3.8) is 0 Å². The first-order valence-electron chi connectivity index (χ1n) is 10.2. The van der Waals surface area contributed by atoms with Crippen molar-refractivity contribution in [1.29, 1.82) is 0 Å². The summed E-state index contributed by atoms with van der Waals surface area (Å²) < 4.78 is 11.0. The molecular formula is C26H26N2O3. The van der Waals surface area contributed by atoms with Gasteiger partial charge in [-0.2, -0.15) is 0 Å². The third-order valence-electron chi connectivity index (χ3n) is 5.56. The normalized spacial score (nSPS) is 12.1. The first-order chi connectivity index (χ1) is 15.1. The van der Waals surface area contributed by atoms with Crippen LogP contribution in [0.15, 0.2) is 79.0 Å². The molecule has 0 amide bonds. The molecule has 0 radical (unpaired) electrons. The largest absolute Gasteiger partial charge is 0.493 e. The lowest BCUT2D eigenvalue weighted by Crippen LogP contribution is -2.31. The second-order valence-corrected chi connectivity index (χ2v) is 7.49. The second kappa shape index (κ2) is 9.06. The van der Waals surface area contributed by atoms with Crippen LogP contribution in [-0.2, 0) is 6.54 Å². The van der Waals surface area contributed by atoms with Crippen LogP contribution in [0.2, 0.25) is 0 Å². The molecule has 1 atom stereocenters. The Bertz CT molecular complexity index is 1180. The topological polar surface area (TPSA) is 54.6 Å². The number of rotatable bonds is 8. The molecule has 0 saturated carbocycles. The maximum absolute atomic E-state index is 13.8. The highest BCUT2D eigenvalue weighted by atomic mass is 16.5. The third kappa shape index (κ3) is 4.05. The number of ether oxygens (including phenoxy) is 2. The molecule has 0 saturated heterocycles. The molecule has 0 fully saturated rings. The standard InChI is InChI=1S/C26H26N2O3/c1-28(17-19-12-9-15-23(30-2)26(19)31-3)24(18-10-5-4-6-11-18)25(29)21-16-27-22-14-8-7-13-20(21)22/h4-16,24,27H,17H2,1-3H3. The number of carbonyl (C=O) groups is 1. The molecule has 0 aliphatic rings. The molecule has 3 aromatic carbocycles. The van der Waals surface area contributed by atoms with E-state index in [1.807, 2.05) is 86.0 Å². The van der Waals surface area contributed by atoms with Crippen molar-refractivity contribution in [2.75, 3.05) is 21.3 Å². The summed E-state index contributed by atoms with van der Waals surface area (Å²) in [4.78, 5) is 19.1. The zero-order valence-electron chi connectivity index (χ0n) is 18.0. The Hall–Kier alpha value is -3.57. The van der Waals surface area contributed by atoms with Crippen LogP contribution in [0.1, 0.15) is 27.5 Å². The van der Waals surface area contributed by atoms with Gasteiger partial charge in [0, 0.05) is 34.8 Å². The summed E-state index contributed by atoms with van der Waals surface area (Å²) >= 11 is 0. The minimum atomic E-state index is -0.448. The number of ketones is 1. The average Bonchev–Trinajstić information content (AvgIpc) is 3.24. The van der Waals surface area contributed by atoms with Gasteiger partial charge in [0.05, 0.1) is 20.3 Å². The van der Waals surface area contributed by atoms with Crippen molar-refractivity contribution >= 4 is 16.7 Å². The van der Waals surface area contributed by atoms with Gasteiger partial charge in [0.2, 0.25) is 0 Å². The third-order valence-corrected chi connectivity index (χ3v) is 5.56. The molecule has 0 bridgehead atoms. The summed E-state index contributed by atoms with van der Waals surface area (Å²) in [6.45, 7) is 0.522. The number of hydrogen-bond donors (Lipinski definition) is 1. The van der Waals surface area contributed by atoms with Crippen molar-refractivity contribution in [3.8, 4) is 11.5 Å². The number of hydrogen-bond acceptors (Lipinski definition) is 4. The Labute approximate surface area is 182 Å². The Kier molecular flexibility index (Phi) is 6.05. The quantitative estimate of drug-likeness (QED) is 0.401. The molecule has 4 aromatic rings. The number of likely N-dealkylation sites (N-methyl/N-ethyl adjacent to an activating group) is 1. The Morgan fingerprint density at radius 3 is 2.42 bits per heavy atom. The number of carbonyl (C=O) groups excluding carboxylic acids is 1. The van der Waals surface area contributed by atoms with Gasteiger partial charge in [0.25, 0.3) is 0 Å². The highest BCUT2D eigenvalue weighted by Gasteiger charge is 2.29. The van der Waals surface area contributed by atoms with Crippen LogP contribution in [0.25, 0.3) is 10.9 Å². The smallest absolute Gasteiger partial charge is 0.186 e. The van der Waals surface area contributed by atoms with Crippen molar-refractivity contribution in [1.82, 2.24) is 9.88 Å². The molecule has 1 heterocycles. The van der Waals surface area contributed by atoms with Gasteiger partial charge in [0.15, 0.2) is 17.3 Å². The first kappa shape index (κ1) is 20.7. The van der Waals surface area contributed by atoms with Gasteiger partial charge in [-0.25, -0.2) is 0 Å². The summed E-state index contributed by atoms with van der Waals surface area (Å²) in [5.74, 6) is 1.41. The minimum Gasteiger partial charge on any atom is -0.493 e. The van der Waals surface area contributed by atoms with Crippen LogP contribution in [0.3, 0.4) is 0 Å². The highest BCUT2D eigenvalue weighted by molar-refractivity contribution is 6.10. The van der Waals surface area contributed by atoms with Crippen LogP contribution in [0.5, 0.6) is 11.5 Å². The van der Waals surface area contributed by atoms with Crippen LogP contribution in [0, 0.1) is 0 Å². The fourth-order valence-corrected chi connectivity index (χ4v) is 4.10. The maximum atomic E-state index is 13.8. The van der Waals surface area contributed by atoms with Gasteiger partial charge < -0.3 is 14.5 Å². The number of nitrogens with one attached hydrogen (secondary N) is 1. The lowest BCUT2D eigenvalue weighted by Gasteiger charge is -2.28. The van der Waals surface area contributed by atoms with E-state index in [0.29, 0.717) is 23.6 Å². The van der Waals surface area contributed by atoms with E-state index in [-0.39, 0.29) is 5.78 Å². The van der Waals surface area contributed by atoms with Gasteiger partial charge in [-0.05, 0) is 24.7 Å². The summed E-state index contributed by atoms with van der Waals surface area (Å²) in [5.41, 5.74) is 3.54. The molecule has 1 N–H and O–H groups in total. The molecule has 4 rings (SSSR count). The highest BCUT2D eigenvalue weighted by Crippen LogP contribution is 2.34. The monoisotopic (exact) mass is 414 g/mol. The van der Waals surface area contributed by atoms with Crippen molar-refractivity contribution in [2.45, 2.75) is 12.6 Å². The zero-order chi connectivity index (χ0) is 21.8. The van der Waals surface area contributed by atoms with Gasteiger partial charge in [0.1, 0.15) is 0 Å². The molecule has 0 aliphatic heterocycles. The van der Waals surface area contributed by atoms with Crippen molar-refractivity contribution in [3.05, 3.63) is 95.7 Å². The van der Waals surface area contributed by atoms with Crippen LogP contribution in [0.4, 0.5) is 0 Å². The molecule has 158 valence electrons. The Balaban J connectivity index is 1.73. The number of H-pyrrole nitrogens is 1. The molecule has 5 heteroatoms. The number of para-hydroxylation sites is 2. The zero-order valence-corrected chi connectivity index (χ0v) is 18.0. The van der Waals surface area contributed by atoms with Gasteiger partial charge in [-0.3, -0.25) is 9.69 Å². The summed E-state index contributed by atoms with van der Waals surface area (Å²) in [6.07, 6.45) is 1.81. The van der Waals surface area contributed by atoms with E-state index >= 15 is 0 Å². The molecule has 0 aliphatic carbocycles. The molecular weight excluding hydrogens is 388 g/mol. The fraction of sp³-hybridized carbons (Fsp3) is 0.192. The van der Waals surface area contributed by atoms with E-state index in [1.165, 1.54) is 0 Å². The van der Waals surface area contributed by atoms with Crippen molar-refractivity contribution < 1.29 is 14.3 Å². The number of aromatic nitrogens is 1. The van der Waals surface area contributed by atoms with Gasteiger partial charge in [-0.15, -0.1) is 0 Å². The predicted molar refractivity (Wildman–Crippen MR) is 123 cm³/mol. The number of fused-ring (bicyclic) bond motifs is 1. The molecule has 31 heavy (non-hydrogen) atoms. The minimum absolute atomic E-state index is 0.0491. The molecule has 0 spiro atoms. The van der Waals surface area contributed by atoms with Crippen LogP contribution >= 0.6 is 0 Å². The SMILES string of the molecule is COc1cccc(CN(C)C(C(=O)c2c[nH]c3ccccc23)c2ccccc2)c1OC. The number of methoxy groups -OCH3 is 2. The Morgan fingerprint density at radius 1 is 0.935 bits per heavy atom. The summed E-state index contributed by atoms with van der Waals surface area (Å²) in [5, 5.41) is 0.931.